The van der Waals surface area contributed by atoms with E-state index in [0.717, 1.165) is 75.2 Å². The molecule has 2 aliphatic heterocycles. The minimum absolute atomic E-state index is 0. The first-order chi connectivity index (χ1) is 20.1. The second-order valence-electron chi connectivity index (χ2n) is 11.7. The Kier molecular flexibility index (Phi) is 10.5. The van der Waals surface area contributed by atoms with E-state index < -0.39 is 5.54 Å². The maximum atomic E-state index is 14.3. The molecule has 9 heteroatoms. The zero-order valence-corrected chi connectivity index (χ0v) is 26.6. The van der Waals surface area contributed by atoms with Gasteiger partial charge in [-0.25, -0.2) is 0 Å². The van der Waals surface area contributed by atoms with Crippen molar-refractivity contribution in [2.75, 3.05) is 42.9 Å². The number of piperazine rings is 1. The van der Waals surface area contributed by atoms with E-state index in [1.807, 2.05) is 53.1 Å². The number of benzene rings is 3. The van der Waals surface area contributed by atoms with Gasteiger partial charge in [-0.05, 0) is 99.2 Å². The van der Waals surface area contributed by atoms with Crippen LogP contribution in [-0.2, 0) is 11.2 Å². The van der Waals surface area contributed by atoms with Gasteiger partial charge in [0.05, 0.1) is 0 Å². The number of carbonyl (C=O) groups excluding carboxylic acids is 3. The van der Waals surface area contributed by atoms with E-state index in [1.165, 1.54) is 0 Å². The quantitative estimate of drug-likeness (QED) is 0.335. The van der Waals surface area contributed by atoms with E-state index in [0.29, 0.717) is 21.8 Å². The van der Waals surface area contributed by atoms with Crippen LogP contribution < -0.4 is 10.2 Å². The molecule has 1 N–H and O–H groups in total. The molecular formula is C34H40Cl2N4O3. The van der Waals surface area contributed by atoms with Gasteiger partial charge >= 0.3 is 0 Å². The third-order valence-electron chi connectivity index (χ3n) is 8.75. The molecule has 1 atom stereocenters. The molecule has 1 unspecified atom stereocenters. The molecular weight excluding hydrogens is 583 g/mol. The highest BCUT2D eigenvalue weighted by atomic mass is 35.5. The van der Waals surface area contributed by atoms with Crippen LogP contribution in [0.1, 0.15) is 65.0 Å². The molecule has 2 heterocycles. The van der Waals surface area contributed by atoms with Gasteiger partial charge < -0.3 is 15.1 Å². The van der Waals surface area contributed by atoms with E-state index in [9.17, 15) is 14.4 Å². The van der Waals surface area contributed by atoms with Crippen molar-refractivity contribution >= 4 is 53.1 Å². The second kappa shape index (κ2) is 13.9. The minimum atomic E-state index is -0.411. The summed E-state index contributed by atoms with van der Waals surface area (Å²) >= 11 is 6.38. The molecule has 2 aliphatic rings. The Labute approximate surface area is 265 Å². The van der Waals surface area contributed by atoms with Gasteiger partial charge in [0.1, 0.15) is 0 Å². The van der Waals surface area contributed by atoms with Crippen molar-refractivity contribution in [1.82, 2.24) is 9.80 Å². The van der Waals surface area contributed by atoms with Gasteiger partial charge in [0, 0.05) is 72.7 Å². The molecule has 0 spiro atoms. The molecule has 1 saturated heterocycles. The van der Waals surface area contributed by atoms with Crippen molar-refractivity contribution in [2.45, 2.75) is 52.0 Å². The molecule has 7 nitrogen and oxygen atoms in total. The summed E-state index contributed by atoms with van der Waals surface area (Å²) in [5, 5.41) is 3.62. The number of fused-ring (bicyclic) bond motifs is 1. The topological polar surface area (TPSA) is 73.0 Å². The fourth-order valence-electron chi connectivity index (χ4n) is 6.16. The molecule has 3 amide bonds. The first-order valence-electron chi connectivity index (χ1n) is 14.7. The SMILES string of the molecule is CC(=O)N1CCN(CCC2(C)CCCc3cc(Cl)ccc3N2C(=O)c2ccc(NC(=O)c3ccccc3C)cc2)CC1.Cl. The van der Waals surface area contributed by atoms with Gasteiger partial charge in [-0.15, -0.1) is 12.4 Å². The highest BCUT2D eigenvalue weighted by Crippen LogP contribution is 2.40. The van der Waals surface area contributed by atoms with Gasteiger partial charge in [-0.3, -0.25) is 19.3 Å². The highest BCUT2D eigenvalue weighted by molar-refractivity contribution is 6.30. The lowest BCUT2D eigenvalue weighted by Gasteiger charge is -2.43. The Bertz CT molecular complexity index is 1470. The lowest BCUT2D eigenvalue weighted by molar-refractivity contribution is -0.130. The van der Waals surface area contributed by atoms with E-state index in [-0.39, 0.29) is 30.1 Å². The van der Waals surface area contributed by atoms with Crippen LogP contribution in [0.3, 0.4) is 0 Å². The van der Waals surface area contributed by atoms with Crippen LogP contribution >= 0.6 is 24.0 Å². The Hall–Kier alpha value is -3.39. The monoisotopic (exact) mass is 622 g/mol. The summed E-state index contributed by atoms with van der Waals surface area (Å²) in [6.07, 6.45) is 3.49. The third kappa shape index (κ3) is 7.40. The lowest BCUT2D eigenvalue weighted by Crippen LogP contribution is -2.53. The normalized spacial score (nSPS) is 18.7. The molecule has 3 aromatic rings. The van der Waals surface area contributed by atoms with E-state index in [2.05, 4.69) is 17.1 Å². The zero-order valence-electron chi connectivity index (χ0n) is 25.1. The molecule has 0 aliphatic carbocycles. The van der Waals surface area contributed by atoms with Crippen LogP contribution in [-0.4, -0.2) is 65.8 Å². The number of hydrogen-bond donors (Lipinski definition) is 1. The van der Waals surface area contributed by atoms with Crippen molar-refractivity contribution in [1.29, 1.82) is 0 Å². The van der Waals surface area contributed by atoms with Crippen LogP contribution in [0.2, 0.25) is 5.02 Å². The summed E-state index contributed by atoms with van der Waals surface area (Å²) < 4.78 is 0. The maximum Gasteiger partial charge on any atom is 0.258 e. The van der Waals surface area contributed by atoms with E-state index in [4.69, 9.17) is 11.6 Å². The number of nitrogens with zero attached hydrogens (tertiary/aromatic N) is 3. The first kappa shape index (κ1) is 32.5. The van der Waals surface area contributed by atoms with Gasteiger partial charge in [0.15, 0.2) is 0 Å². The third-order valence-corrected chi connectivity index (χ3v) is 8.99. The summed E-state index contributed by atoms with van der Waals surface area (Å²) in [6.45, 7) is 9.73. The highest BCUT2D eigenvalue weighted by Gasteiger charge is 2.40. The second-order valence-corrected chi connectivity index (χ2v) is 12.1. The number of rotatable bonds is 6. The number of aryl methyl sites for hydroxylation is 2. The van der Waals surface area contributed by atoms with Crippen molar-refractivity contribution in [3.63, 3.8) is 0 Å². The van der Waals surface area contributed by atoms with Crippen molar-refractivity contribution in [3.05, 3.63) is 94.0 Å². The number of nitrogens with one attached hydrogen (secondary N) is 1. The van der Waals surface area contributed by atoms with Crippen LogP contribution in [0, 0.1) is 6.92 Å². The number of hydrogen-bond acceptors (Lipinski definition) is 4. The summed E-state index contributed by atoms with van der Waals surface area (Å²) in [6, 6.07) is 20.4. The van der Waals surface area contributed by atoms with Crippen LogP contribution in [0.25, 0.3) is 0 Å². The first-order valence-corrected chi connectivity index (χ1v) is 15.1. The Balaban J connectivity index is 0.00000423. The predicted molar refractivity (Wildman–Crippen MR) is 176 cm³/mol. The fraction of sp³-hybridized carbons (Fsp3) is 0.382. The Morgan fingerprint density at radius 2 is 1.65 bits per heavy atom. The van der Waals surface area contributed by atoms with Crippen molar-refractivity contribution < 1.29 is 14.4 Å². The zero-order chi connectivity index (χ0) is 29.9. The number of halogens is 2. The summed E-state index contributed by atoms with van der Waals surface area (Å²) in [5.74, 6) is -0.124. The molecule has 0 aromatic heterocycles. The van der Waals surface area contributed by atoms with Crippen LogP contribution in [0.5, 0.6) is 0 Å². The molecule has 0 radical (unpaired) electrons. The molecule has 1 fully saturated rings. The number of anilines is 2. The van der Waals surface area contributed by atoms with Gasteiger partial charge in [0.25, 0.3) is 11.8 Å². The largest absolute Gasteiger partial charge is 0.340 e. The fourth-order valence-corrected chi connectivity index (χ4v) is 6.36. The summed E-state index contributed by atoms with van der Waals surface area (Å²) in [7, 11) is 0. The standard InChI is InChI=1S/C34H39ClN4O3.ClH/c1-24-7-4-5-9-30(24)32(41)36-29-13-10-26(11-14-29)33(42)39-31-15-12-28(35)23-27(31)8-6-16-34(39,3)17-18-37-19-21-38(22-20-37)25(2)40;/h4-5,7,9-15,23H,6,8,16-22H2,1-3H3,(H,36,41);1H. The van der Waals surface area contributed by atoms with Crippen LogP contribution in [0.4, 0.5) is 11.4 Å². The predicted octanol–water partition coefficient (Wildman–Crippen LogP) is 6.62. The molecule has 43 heavy (non-hydrogen) atoms. The number of amides is 3. The maximum absolute atomic E-state index is 14.3. The van der Waals surface area contributed by atoms with Crippen molar-refractivity contribution in [3.8, 4) is 0 Å². The van der Waals surface area contributed by atoms with E-state index >= 15 is 0 Å². The van der Waals surface area contributed by atoms with Crippen LogP contribution in [0.15, 0.2) is 66.7 Å². The average molecular weight is 624 g/mol. The van der Waals surface area contributed by atoms with Gasteiger partial charge in [0.2, 0.25) is 5.91 Å². The molecule has 228 valence electrons. The molecule has 0 bridgehead atoms. The smallest absolute Gasteiger partial charge is 0.258 e. The van der Waals surface area contributed by atoms with Gasteiger partial charge in [-0.2, -0.15) is 0 Å². The van der Waals surface area contributed by atoms with E-state index in [1.54, 1.807) is 37.3 Å². The van der Waals surface area contributed by atoms with Crippen molar-refractivity contribution in [2.24, 2.45) is 0 Å². The Morgan fingerprint density at radius 1 is 0.953 bits per heavy atom. The summed E-state index contributed by atoms with van der Waals surface area (Å²) in [5.41, 5.74) is 4.30. The average Bonchev–Trinajstić information content (AvgIpc) is 3.12. The summed E-state index contributed by atoms with van der Waals surface area (Å²) in [4.78, 5) is 45.2. The minimum Gasteiger partial charge on any atom is -0.340 e. The molecule has 5 rings (SSSR count). The molecule has 3 aromatic carbocycles. The van der Waals surface area contributed by atoms with Gasteiger partial charge in [-0.1, -0.05) is 29.8 Å². The molecule has 0 saturated carbocycles. The Morgan fingerprint density at radius 3 is 2.33 bits per heavy atom. The number of carbonyl (C=O) groups is 3. The lowest BCUT2D eigenvalue weighted by atomic mass is 9.88.